The van der Waals surface area contributed by atoms with E-state index in [4.69, 9.17) is 37.9 Å². The summed E-state index contributed by atoms with van der Waals surface area (Å²) in [7, 11) is 1.26. The molecule has 5 aliphatic heterocycles. The Morgan fingerprint density at radius 3 is 2.37 bits per heavy atom. The van der Waals surface area contributed by atoms with E-state index in [2.05, 4.69) is 0 Å². The highest BCUT2D eigenvalue weighted by Crippen LogP contribution is 2.53. The Morgan fingerprint density at radius 2 is 1.69 bits per heavy atom. The van der Waals surface area contributed by atoms with Crippen molar-refractivity contribution in [3.05, 3.63) is 59.9 Å². The number of hydrogen-bond acceptors (Lipinski definition) is 16. The number of ether oxygens (including phenoxy) is 8. The van der Waals surface area contributed by atoms with Gasteiger partial charge in [-0.05, 0) is 46.1 Å². The van der Waals surface area contributed by atoms with Crippen LogP contribution in [0.2, 0.25) is 0 Å². The standard InChI is InChI=1S/C46H64O16/c1-9-10-11-12-13-14-38(50)59-42-30-20-33-24-36(27(2)47)58-40(52)23-31(49)22-34-25-37(56-28(3)48)44(6,7)45(54,60-34)26-35-18-29(19-39(51)55-8)17-32(57-35)15-16-43(4,5)46(42,61-33)62-41(53)21-30/h11-16,19-20,27,30-32,34-37,42,47,49,54H,9-10,17-18,21-26H2,1-8H3/b12-11+,14-13+,16-15+,29-19+/t27-,30?,31-,32+,34-,35+,36-,37+,42+,45+,46+/m1/s1. The Labute approximate surface area is 363 Å². The first-order chi connectivity index (χ1) is 29.1. The number of unbranched alkanes of at least 4 members (excludes halogenated alkanes) is 1. The van der Waals surface area contributed by atoms with Crippen molar-refractivity contribution in [1.29, 1.82) is 0 Å². The van der Waals surface area contributed by atoms with Gasteiger partial charge in [-0.15, -0.1) is 0 Å². The number of carbonyl (C=O) groups is 5. The van der Waals surface area contributed by atoms with Crippen LogP contribution in [0.4, 0.5) is 0 Å². The third-order valence-corrected chi connectivity index (χ3v) is 12.4. The molecule has 11 atom stereocenters. The molecule has 0 aliphatic carbocycles. The number of hydrogen-bond donors (Lipinski definition) is 3. The van der Waals surface area contributed by atoms with Crippen LogP contribution in [0.15, 0.2) is 59.9 Å². The van der Waals surface area contributed by atoms with Crippen molar-refractivity contribution in [2.75, 3.05) is 7.11 Å². The van der Waals surface area contributed by atoms with Gasteiger partial charge in [0, 0.05) is 50.7 Å². The van der Waals surface area contributed by atoms with Crippen LogP contribution in [0, 0.1) is 16.7 Å². The van der Waals surface area contributed by atoms with E-state index in [9.17, 15) is 39.3 Å². The molecule has 0 aromatic rings. The van der Waals surface area contributed by atoms with Crippen LogP contribution in [0.25, 0.3) is 0 Å². The molecule has 3 N–H and O–H groups in total. The molecule has 16 nitrogen and oxygen atoms in total. The van der Waals surface area contributed by atoms with E-state index < -0.39 is 113 Å². The molecule has 0 aromatic heterocycles. The van der Waals surface area contributed by atoms with Crippen molar-refractivity contribution in [3.8, 4) is 0 Å². The highest BCUT2D eigenvalue weighted by atomic mass is 16.7. The van der Waals surface area contributed by atoms with Crippen LogP contribution in [-0.2, 0) is 61.9 Å². The van der Waals surface area contributed by atoms with Gasteiger partial charge in [0.15, 0.2) is 11.9 Å². The molecule has 344 valence electrons. The fourth-order valence-electron chi connectivity index (χ4n) is 8.83. The summed E-state index contributed by atoms with van der Waals surface area (Å²) in [5.74, 6) is -7.93. The monoisotopic (exact) mass is 872 g/mol. The fraction of sp³-hybridized carbons (Fsp3) is 0.674. The molecule has 16 heteroatoms. The molecule has 0 radical (unpaired) electrons. The first kappa shape index (κ1) is 48.7. The highest BCUT2D eigenvalue weighted by molar-refractivity contribution is 5.83. The molecule has 7 bridgehead atoms. The van der Waals surface area contributed by atoms with E-state index in [0.29, 0.717) is 5.57 Å². The van der Waals surface area contributed by atoms with Crippen LogP contribution in [0.5, 0.6) is 0 Å². The van der Waals surface area contributed by atoms with Gasteiger partial charge < -0.3 is 53.2 Å². The summed E-state index contributed by atoms with van der Waals surface area (Å²) < 4.78 is 48.3. The quantitative estimate of drug-likeness (QED) is 0.0973. The van der Waals surface area contributed by atoms with Gasteiger partial charge in [-0.3, -0.25) is 14.4 Å². The predicted octanol–water partition coefficient (Wildman–Crippen LogP) is 4.88. The van der Waals surface area contributed by atoms with Crippen LogP contribution in [-0.4, -0.2) is 113 Å². The van der Waals surface area contributed by atoms with Crippen molar-refractivity contribution in [2.24, 2.45) is 16.7 Å². The summed E-state index contributed by atoms with van der Waals surface area (Å²) in [5, 5.41) is 34.6. The number of rotatable bonds is 8. The lowest BCUT2D eigenvalue weighted by Gasteiger charge is -2.54. The number of aliphatic hydroxyl groups excluding tert-OH is 2. The molecule has 5 rings (SSSR count). The van der Waals surface area contributed by atoms with Crippen molar-refractivity contribution in [3.63, 3.8) is 0 Å². The van der Waals surface area contributed by atoms with Crippen LogP contribution in [0.1, 0.15) is 113 Å². The van der Waals surface area contributed by atoms with E-state index >= 15 is 0 Å². The van der Waals surface area contributed by atoms with E-state index in [-0.39, 0.29) is 50.7 Å². The zero-order valence-electron chi connectivity index (χ0n) is 37.0. The summed E-state index contributed by atoms with van der Waals surface area (Å²) in [4.78, 5) is 65.1. The van der Waals surface area contributed by atoms with Gasteiger partial charge in [0.05, 0.1) is 61.3 Å². The summed E-state index contributed by atoms with van der Waals surface area (Å²) in [5.41, 5.74) is -1.89. The zero-order valence-corrected chi connectivity index (χ0v) is 37.0. The molecule has 0 saturated carbocycles. The van der Waals surface area contributed by atoms with Crippen molar-refractivity contribution in [1.82, 2.24) is 0 Å². The zero-order chi connectivity index (χ0) is 45.6. The minimum absolute atomic E-state index is 0.0956. The van der Waals surface area contributed by atoms with E-state index in [1.54, 1.807) is 58.1 Å². The summed E-state index contributed by atoms with van der Waals surface area (Å²) in [6.07, 6.45) is 5.73. The van der Waals surface area contributed by atoms with E-state index in [1.807, 2.05) is 13.0 Å². The molecular formula is C46H64O16. The maximum Gasteiger partial charge on any atom is 0.331 e. The number of cyclic esters (lactones) is 1. The number of aliphatic hydroxyl groups is 3. The molecule has 3 fully saturated rings. The number of fused-ring (bicyclic) bond motifs is 6. The second kappa shape index (κ2) is 20.0. The number of methoxy groups -OCH3 is 1. The van der Waals surface area contributed by atoms with Gasteiger partial charge in [-0.1, -0.05) is 63.1 Å². The van der Waals surface area contributed by atoms with E-state index in [1.165, 1.54) is 33.1 Å². The van der Waals surface area contributed by atoms with Gasteiger partial charge in [0.1, 0.15) is 18.0 Å². The predicted molar refractivity (Wildman–Crippen MR) is 220 cm³/mol. The van der Waals surface area contributed by atoms with Crippen LogP contribution >= 0.6 is 0 Å². The van der Waals surface area contributed by atoms with Gasteiger partial charge in [-0.25, -0.2) is 9.59 Å². The van der Waals surface area contributed by atoms with Gasteiger partial charge >= 0.3 is 29.8 Å². The summed E-state index contributed by atoms with van der Waals surface area (Å²) >= 11 is 0. The summed E-state index contributed by atoms with van der Waals surface area (Å²) in [6.45, 7) is 11.6. The lowest BCUT2D eigenvalue weighted by atomic mass is 9.70. The third kappa shape index (κ3) is 11.4. The first-order valence-electron chi connectivity index (χ1n) is 21.5. The SMILES string of the molecule is CCC/C=C/C=C/C(=O)O[C@H]1C2C=C3C[C@H]([C@@H](C)O)OC(=O)C[C@H](O)C[C@@H]4C[C@H](OC(C)=O)C(C)(C)[C@](O)(C[C@@H]5C/C(=C/C(=O)OC)C[C@H](/C=C/C(C)(C)[C@]1(OC(=O)C2)O3)O5)O4. The fourth-order valence-corrected chi connectivity index (χ4v) is 8.83. The second-order valence-corrected chi connectivity index (χ2v) is 18.1. The average Bonchev–Trinajstić information content (AvgIpc) is 3.15. The van der Waals surface area contributed by atoms with Crippen LogP contribution in [0.3, 0.4) is 0 Å². The third-order valence-electron chi connectivity index (χ3n) is 12.4. The molecule has 0 amide bonds. The van der Waals surface area contributed by atoms with Crippen molar-refractivity contribution in [2.45, 2.75) is 173 Å². The van der Waals surface area contributed by atoms with Gasteiger partial charge in [-0.2, -0.15) is 0 Å². The number of allylic oxidation sites excluding steroid dienone is 3. The van der Waals surface area contributed by atoms with Crippen molar-refractivity contribution >= 4 is 29.8 Å². The summed E-state index contributed by atoms with van der Waals surface area (Å²) in [6, 6.07) is 0. The largest absolute Gasteiger partial charge is 0.466 e. The van der Waals surface area contributed by atoms with Crippen molar-refractivity contribution < 1.29 is 77.2 Å². The van der Waals surface area contributed by atoms with E-state index in [0.717, 1.165) is 12.8 Å². The normalized spacial score (nSPS) is 36.6. The Kier molecular flexibility index (Phi) is 15.7. The molecule has 1 unspecified atom stereocenters. The first-order valence-corrected chi connectivity index (χ1v) is 21.5. The maximum atomic E-state index is 13.4. The number of carbonyl (C=O) groups excluding carboxylic acids is 5. The van der Waals surface area contributed by atoms with Crippen LogP contribution < -0.4 is 0 Å². The van der Waals surface area contributed by atoms with Gasteiger partial charge in [0.25, 0.3) is 5.79 Å². The average molecular weight is 873 g/mol. The molecule has 5 aliphatic rings. The lowest BCUT2D eigenvalue weighted by molar-refractivity contribution is -0.348. The molecule has 3 saturated heterocycles. The Hall–Kier alpha value is -4.35. The molecule has 1 spiro atoms. The van der Waals surface area contributed by atoms with Gasteiger partial charge in [0.2, 0.25) is 0 Å². The Balaban J connectivity index is 1.61. The smallest absolute Gasteiger partial charge is 0.331 e. The second-order valence-electron chi connectivity index (χ2n) is 18.1. The molecule has 62 heavy (non-hydrogen) atoms. The minimum atomic E-state index is -2.03. The topological polar surface area (TPSA) is 220 Å². The Bertz CT molecular complexity index is 1820. The number of esters is 5. The minimum Gasteiger partial charge on any atom is -0.466 e. The lowest BCUT2D eigenvalue weighted by Crippen LogP contribution is -2.65. The highest BCUT2D eigenvalue weighted by Gasteiger charge is 2.65. The molecule has 5 heterocycles. The molecular weight excluding hydrogens is 808 g/mol. The molecule has 0 aromatic carbocycles. The Morgan fingerprint density at radius 1 is 0.952 bits per heavy atom. The maximum absolute atomic E-state index is 13.4.